The van der Waals surface area contributed by atoms with Crippen LogP contribution in [0.25, 0.3) is 0 Å². The van der Waals surface area contributed by atoms with Crippen LogP contribution in [-0.2, 0) is 9.59 Å². The normalized spacial score (nSPS) is 21.7. The molecule has 138 valence electrons. The number of benzene rings is 1. The van der Waals surface area contributed by atoms with Crippen molar-refractivity contribution in [2.75, 3.05) is 5.32 Å². The fourth-order valence-corrected chi connectivity index (χ4v) is 3.22. The van der Waals surface area contributed by atoms with Crippen molar-refractivity contribution in [2.45, 2.75) is 59.4 Å². The highest BCUT2D eigenvalue weighted by Crippen LogP contribution is 2.28. The number of hydrogen-bond acceptors (Lipinski definition) is 2. The van der Waals surface area contributed by atoms with Gasteiger partial charge in [-0.15, -0.1) is 0 Å². The zero-order chi connectivity index (χ0) is 18.6. The van der Waals surface area contributed by atoms with Crippen molar-refractivity contribution in [3.05, 3.63) is 29.6 Å². The predicted octanol–water partition coefficient (Wildman–Crippen LogP) is 4.04. The first-order valence-electron chi connectivity index (χ1n) is 9.15. The van der Waals surface area contributed by atoms with E-state index in [-0.39, 0.29) is 29.5 Å². The zero-order valence-corrected chi connectivity index (χ0v) is 15.6. The van der Waals surface area contributed by atoms with Gasteiger partial charge in [-0.05, 0) is 62.1 Å². The standard InChI is InChI=1S/C20H29FN2O2/c1-12(2)18(23-19(24)15-8-5-13(3)6-9-15)20(25)22-16-10-7-14(4)17(21)11-16/h7,10-13,15,18H,5-6,8-9H2,1-4H3,(H,22,25)(H,23,24)/t13?,15?,18-/m0/s1. The minimum absolute atomic E-state index is 0.0120. The van der Waals surface area contributed by atoms with Gasteiger partial charge in [-0.2, -0.15) is 0 Å². The number of carbonyl (C=O) groups is 2. The second kappa shape index (κ2) is 8.45. The molecular formula is C20H29FN2O2. The van der Waals surface area contributed by atoms with Gasteiger partial charge in [-0.1, -0.05) is 26.8 Å². The Morgan fingerprint density at radius 1 is 1.16 bits per heavy atom. The summed E-state index contributed by atoms with van der Waals surface area (Å²) in [6.45, 7) is 7.66. The summed E-state index contributed by atoms with van der Waals surface area (Å²) < 4.78 is 13.7. The van der Waals surface area contributed by atoms with E-state index in [1.54, 1.807) is 19.1 Å². The van der Waals surface area contributed by atoms with Crippen LogP contribution in [-0.4, -0.2) is 17.9 Å². The molecule has 2 rings (SSSR count). The highest BCUT2D eigenvalue weighted by Gasteiger charge is 2.29. The molecule has 1 atom stereocenters. The van der Waals surface area contributed by atoms with E-state index >= 15 is 0 Å². The number of hydrogen-bond donors (Lipinski definition) is 2. The van der Waals surface area contributed by atoms with Crippen LogP contribution in [0.4, 0.5) is 10.1 Å². The highest BCUT2D eigenvalue weighted by atomic mass is 19.1. The lowest BCUT2D eigenvalue weighted by Gasteiger charge is -2.28. The van der Waals surface area contributed by atoms with E-state index in [9.17, 15) is 14.0 Å². The van der Waals surface area contributed by atoms with E-state index < -0.39 is 6.04 Å². The Hall–Kier alpha value is -1.91. The zero-order valence-electron chi connectivity index (χ0n) is 15.6. The molecular weight excluding hydrogens is 319 g/mol. The third-order valence-electron chi connectivity index (χ3n) is 5.07. The minimum atomic E-state index is -0.629. The molecule has 1 aliphatic carbocycles. The van der Waals surface area contributed by atoms with Crippen LogP contribution in [0.3, 0.4) is 0 Å². The molecule has 0 radical (unpaired) electrons. The first-order chi connectivity index (χ1) is 11.8. The maximum absolute atomic E-state index is 13.7. The molecule has 25 heavy (non-hydrogen) atoms. The lowest BCUT2D eigenvalue weighted by Crippen LogP contribution is -2.49. The summed E-state index contributed by atoms with van der Waals surface area (Å²) in [5, 5.41) is 5.62. The van der Waals surface area contributed by atoms with Crippen LogP contribution in [0.5, 0.6) is 0 Å². The number of aryl methyl sites for hydroxylation is 1. The van der Waals surface area contributed by atoms with E-state index in [0.717, 1.165) is 25.7 Å². The van der Waals surface area contributed by atoms with Crippen molar-refractivity contribution < 1.29 is 14.0 Å². The van der Waals surface area contributed by atoms with Crippen molar-refractivity contribution in [2.24, 2.45) is 17.8 Å². The van der Waals surface area contributed by atoms with Gasteiger partial charge in [-0.25, -0.2) is 4.39 Å². The van der Waals surface area contributed by atoms with Gasteiger partial charge in [0.15, 0.2) is 0 Å². The van der Waals surface area contributed by atoms with Crippen LogP contribution < -0.4 is 10.6 Å². The minimum Gasteiger partial charge on any atom is -0.344 e. The molecule has 1 aromatic carbocycles. The molecule has 1 fully saturated rings. The predicted molar refractivity (Wildman–Crippen MR) is 97.7 cm³/mol. The molecule has 0 saturated heterocycles. The van der Waals surface area contributed by atoms with Crippen LogP contribution in [0, 0.1) is 30.5 Å². The molecule has 2 N–H and O–H groups in total. The van der Waals surface area contributed by atoms with Gasteiger partial charge in [-0.3, -0.25) is 9.59 Å². The van der Waals surface area contributed by atoms with E-state index in [0.29, 0.717) is 17.2 Å². The van der Waals surface area contributed by atoms with Crippen molar-refractivity contribution in [3.63, 3.8) is 0 Å². The average molecular weight is 348 g/mol. The second-order valence-electron chi connectivity index (χ2n) is 7.64. The summed E-state index contributed by atoms with van der Waals surface area (Å²) in [6, 6.07) is 3.96. The molecule has 1 saturated carbocycles. The SMILES string of the molecule is Cc1ccc(NC(=O)[C@@H](NC(=O)C2CCC(C)CC2)C(C)C)cc1F. The van der Waals surface area contributed by atoms with Crippen LogP contribution in [0.15, 0.2) is 18.2 Å². The van der Waals surface area contributed by atoms with Gasteiger partial charge in [0.2, 0.25) is 11.8 Å². The van der Waals surface area contributed by atoms with Crippen LogP contribution in [0.2, 0.25) is 0 Å². The van der Waals surface area contributed by atoms with Gasteiger partial charge >= 0.3 is 0 Å². The third-order valence-corrected chi connectivity index (χ3v) is 5.07. The fourth-order valence-electron chi connectivity index (χ4n) is 3.22. The fraction of sp³-hybridized carbons (Fsp3) is 0.600. The summed E-state index contributed by atoms with van der Waals surface area (Å²) >= 11 is 0. The van der Waals surface area contributed by atoms with Gasteiger partial charge in [0.1, 0.15) is 11.9 Å². The lowest BCUT2D eigenvalue weighted by molar-refractivity contribution is -0.131. The number of nitrogens with one attached hydrogen (secondary N) is 2. The molecule has 4 nitrogen and oxygen atoms in total. The Morgan fingerprint density at radius 2 is 1.80 bits per heavy atom. The quantitative estimate of drug-likeness (QED) is 0.844. The monoisotopic (exact) mass is 348 g/mol. The maximum Gasteiger partial charge on any atom is 0.247 e. The maximum atomic E-state index is 13.7. The molecule has 0 aliphatic heterocycles. The van der Waals surface area contributed by atoms with Crippen molar-refractivity contribution in [1.29, 1.82) is 0 Å². The molecule has 5 heteroatoms. The Bertz CT molecular complexity index is 622. The number of amides is 2. The lowest BCUT2D eigenvalue weighted by atomic mass is 9.82. The van der Waals surface area contributed by atoms with Gasteiger partial charge in [0, 0.05) is 11.6 Å². The molecule has 1 aliphatic rings. The van der Waals surface area contributed by atoms with E-state index in [2.05, 4.69) is 17.6 Å². The molecule has 0 aromatic heterocycles. The molecule has 0 heterocycles. The average Bonchev–Trinajstić information content (AvgIpc) is 2.56. The molecule has 1 aromatic rings. The van der Waals surface area contributed by atoms with E-state index in [1.165, 1.54) is 6.07 Å². The smallest absolute Gasteiger partial charge is 0.247 e. The van der Waals surface area contributed by atoms with Crippen molar-refractivity contribution >= 4 is 17.5 Å². The Morgan fingerprint density at radius 3 is 2.36 bits per heavy atom. The summed E-state index contributed by atoms with van der Waals surface area (Å²) in [4.78, 5) is 25.1. The summed E-state index contributed by atoms with van der Waals surface area (Å²) in [6.07, 6.45) is 3.86. The van der Waals surface area contributed by atoms with Gasteiger partial charge in [0.25, 0.3) is 0 Å². The Balaban J connectivity index is 2.00. The largest absolute Gasteiger partial charge is 0.344 e. The number of carbonyl (C=O) groups excluding carboxylic acids is 2. The van der Waals surface area contributed by atoms with Gasteiger partial charge in [0.05, 0.1) is 0 Å². The molecule has 2 amide bonds. The summed E-state index contributed by atoms with van der Waals surface area (Å²) in [7, 11) is 0. The molecule has 0 spiro atoms. The van der Waals surface area contributed by atoms with Gasteiger partial charge < -0.3 is 10.6 Å². The summed E-state index contributed by atoms with van der Waals surface area (Å²) in [5.74, 6) is -0.112. The Kier molecular flexibility index (Phi) is 6.57. The van der Waals surface area contributed by atoms with Crippen molar-refractivity contribution in [3.8, 4) is 0 Å². The van der Waals surface area contributed by atoms with E-state index in [4.69, 9.17) is 0 Å². The molecule has 0 bridgehead atoms. The number of halogens is 1. The van der Waals surface area contributed by atoms with Crippen LogP contribution >= 0.6 is 0 Å². The molecule has 0 unspecified atom stereocenters. The highest BCUT2D eigenvalue weighted by molar-refractivity contribution is 5.97. The number of rotatable bonds is 5. The first kappa shape index (κ1) is 19.4. The topological polar surface area (TPSA) is 58.2 Å². The van der Waals surface area contributed by atoms with E-state index in [1.807, 2.05) is 13.8 Å². The second-order valence-corrected chi connectivity index (χ2v) is 7.64. The van der Waals surface area contributed by atoms with Crippen LogP contribution in [0.1, 0.15) is 52.0 Å². The first-order valence-corrected chi connectivity index (χ1v) is 9.15. The number of anilines is 1. The summed E-state index contributed by atoms with van der Waals surface area (Å²) in [5.41, 5.74) is 0.928. The van der Waals surface area contributed by atoms with Crippen molar-refractivity contribution in [1.82, 2.24) is 5.32 Å². The third kappa shape index (κ3) is 5.28. The Labute approximate surface area is 149 Å².